The van der Waals surface area contributed by atoms with E-state index in [-0.39, 0.29) is 17.4 Å². The molecule has 1 aliphatic carbocycles. The molecule has 0 spiro atoms. The number of nitrogens with zero attached hydrogens (tertiary/aromatic N) is 1. The van der Waals surface area contributed by atoms with Gasteiger partial charge < -0.3 is 9.64 Å². The van der Waals surface area contributed by atoms with E-state index in [2.05, 4.69) is 19.1 Å². The van der Waals surface area contributed by atoms with Gasteiger partial charge in [-0.2, -0.15) is 8.42 Å². The summed E-state index contributed by atoms with van der Waals surface area (Å²) in [6, 6.07) is 23.2. The lowest BCUT2D eigenvalue weighted by Crippen LogP contribution is -2.34. The standard InChI is InChI=1S/C28H31NO5S/c1-2-6-27(22-9-10-22)23-11-15-25(16-12-23)34-20-28(30)29(19-21-7-4-3-5-8-21)24-13-17-26(18-14-24)35(31,32)33/h3-5,7-8,11-18,22,27H,2,6,9-10,19-20H2,1H3,(H,31,32,33). The Morgan fingerprint density at radius 2 is 1.66 bits per heavy atom. The average molecular weight is 494 g/mol. The Hall–Kier alpha value is -3.16. The maximum atomic E-state index is 13.2. The molecule has 1 atom stereocenters. The van der Waals surface area contributed by atoms with Crippen LogP contribution < -0.4 is 9.64 Å². The molecule has 0 aromatic heterocycles. The molecule has 0 bridgehead atoms. The van der Waals surface area contributed by atoms with Gasteiger partial charge in [0, 0.05) is 5.69 Å². The molecule has 1 unspecified atom stereocenters. The fourth-order valence-electron chi connectivity index (χ4n) is 4.41. The van der Waals surface area contributed by atoms with Gasteiger partial charge in [0.1, 0.15) is 5.75 Å². The summed E-state index contributed by atoms with van der Waals surface area (Å²) in [5, 5.41) is 0. The first-order valence-electron chi connectivity index (χ1n) is 12.0. The highest BCUT2D eigenvalue weighted by Gasteiger charge is 2.31. The minimum atomic E-state index is -4.31. The van der Waals surface area contributed by atoms with Gasteiger partial charge >= 0.3 is 0 Å². The lowest BCUT2D eigenvalue weighted by atomic mass is 9.90. The highest BCUT2D eigenvalue weighted by molar-refractivity contribution is 7.85. The molecule has 3 aromatic rings. The third-order valence-electron chi connectivity index (χ3n) is 6.39. The summed E-state index contributed by atoms with van der Waals surface area (Å²) in [6.45, 7) is 2.36. The number of benzene rings is 3. The quantitative estimate of drug-likeness (QED) is 0.339. The van der Waals surface area contributed by atoms with E-state index in [4.69, 9.17) is 4.74 Å². The Labute approximate surface area is 207 Å². The van der Waals surface area contributed by atoms with E-state index in [1.807, 2.05) is 42.5 Å². The van der Waals surface area contributed by atoms with Gasteiger partial charge in [0.2, 0.25) is 0 Å². The van der Waals surface area contributed by atoms with Crippen molar-refractivity contribution in [1.29, 1.82) is 0 Å². The zero-order chi connectivity index (χ0) is 24.8. The number of rotatable bonds is 11. The highest BCUT2D eigenvalue weighted by atomic mass is 32.2. The smallest absolute Gasteiger partial charge is 0.294 e. The van der Waals surface area contributed by atoms with Gasteiger partial charge in [-0.25, -0.2) is 0 Å². The molecular weight excluding hydrogens is 462 g/mol. The SMILES string of the molecule is CCCC(c1ccc(OCC(=O)N(Cc2ccccc2)c2ccc(S(=O)(=O)O)cc2)cc1)C1CC1. The molecule has 0 saturated heterocycles. The molecule has 1 fully saturated rings. The summed E-state index contributed by atoms with van der Waals surface area (Å²) in [4.78, 5) is 14.5. The van der Waals surface area contributed by atoms with Crippen molar-refractivity contribution in [3.05, 3.63) is 90.0 Å². The molecule has 1 amide bonds. The molecule has 1 aliphatic rings. The number of hydrogen-bond donors (Lipinski definition) is 1. The number of ether oxygens (including phenoxy) is 1. The fourth-order valence-corrected chi connectivity index (χ4v) is 4.89. The number of carbonyl (C=O) groups is 1. The predicted molar refractivity (Wildman–Crippen MR) is 136 cm³/mol. The Morgan fingerprint density at radius 1 is 1.00 bits per heavy atom. The summed E-state index contributed by atoms with van der Waals surface area (Å²) in [6.07, 6.45) is 4.96. The van der Waals surface area contributed by atoms with E-state index in [0.717, 1.165) is 17.9 Å². The lowest BCUT2D eigenvalue weighted by molar-refractivity contribution is -0.120. The van der Waals surface area contributed by atoms with Gasteiger partial charge in [0.15, 0.2) is 6.61 Å². The van der Waals surface area contributed by atoms with Crippen LogP contribution in [0.3, 0.4) is 0 Å². The predicted octanol–water partition coefficient (Wildman–Crippen LogP) is 5.84. The van der Waals surface area contributed by atoms with Crippen LogP contribution in [-0.2, 0) is 21.5 Å². The summed E-state index contributed by atoms with van der Waals surface area (Å²) in [7, 11) is -4.31. The normalized spacial score (nSPS) is 14.3. The van der Waals surface area contributed by atoms with Gasteiger partial charge in [0.25, 0.3) is 16.0 Å². The Morgan fingerprint density at radius 3 is 2.23 bits per heavy atom. The van der Waals surface area contributed by atoms with Crippen LogP contribution in [-0.4, -0.2) is 25.5 Å². The van der Waals surface area contributed by atoms with Gasteiger partial charge in [-0.05, 0) is 78.6 Å². The van der Waals surface area contributed by atoms with E-state index in [9.17, 15) is 17.8 Å². The molecule has 1 N–H and O–H groups in total. The van der Waals surface area contributed by atoms with Crippen LogP contribution in [0.2, 0.25) is 0 Å². The number of amides is 1. The van der Waals surface area contributed by atoms with Crippen molar-refractivity contribution in [2.45, 2.75) is 50.0 Å². The minimum absolute atomic E-state index is 0.159. The van der Waals surface area contributed by atoms with Crippen molar-refractivity contribution in [3.8, 4) is 5.75 Å². The van der Waals surface area contributed by atoms with Crippen LogP contribution in [0.4, 0.5) is 5.69 Å². The molecule has 3 aromatic carbocycles. The number of carbonyl (C=O) groups excluding carboxylic acids is 1. The van der Waals surface area contributed by atoms with Crippen molar-refractivity contribution in [1.82, 2.24) is 0 Å². The molecule has 0 radical (unpaired) electrons. The Bertz CT molecular complexity index is 1220. The first kappa shape index (κ1) is 24.9. The first-order valence-corrected chi connectivity index (χ1v) is 13.4. The maximum absolute atomic E-state index is 13.2. The zero-order valence-electron chi connectivity index (χ0n) is 19.8. The van der Waals surface area contributed by atoms with Crippen molar-refractivity contribution in [3.63, 3.8) is 0 Å². The fraction of sp³-hybridized carbons (Fsp3) is 0.321. The van der Waals surface area contributed by atoms with Crippen LogP contribution in [0.5, 0.6) is 5.75 Å². The van der Waals surface area contributed by atoms with E-state index in [0.29, 0.717) is 23.9 Å². The van der Waals surface area contributed by atoms with Gasteiger partial charge in [-0.15, -0.1) is 0 Å². The van der Waals surface area contributed by atoms with Crippen LogP contribution >= 0.6 is 0 Å². The highest BCUT2D eigenvalue weighted by Crippen LogP contribution is 2.45. The largest absolute Gasteiger partial charge is 0.484 e. The lowest BCUT2D eigenvalue weighted by Gasteiger charge is -2.23. The van der Waals surface area contributed by atoms with E-state index < -0.39 is 10.1 Å². The van der Waals surface area contributed by atoms with Crippen LogP contribution in [0.25, 0.3) is 0 Å². The van der Waals surface area contributed by atoms with Crippen molar-refractivity contribution in [2.75, 3.05) is 11.5 Å². The van der Waals surface area contributed by atoms with Crippen LogP contribution in [0.1, 0.15) is 49.7 Å². The second-order valence-corrected chi connectivity index (χ2v) is 10.4. The average Bonchev–Trinajstić information content (AvgIpc) is 3.70. The number of anilines is 1. The van der Waals surface area contributed by atoms with Crippen LogP contribution in [0, 0.1) is 5.92 Å². The van der Waals surface area contributed by atoms with E-state index in [1.165, 1.54) is 49.1 Å². The molecule has 0 heterocycles. The molecule has 4 rings (SSSR count). The first-order chi connectivity index (χ1) is 16.8. The molecule has 6 nitrogen and oxygen atoms in total. The molecule has 1 saturated carbocycles. The Balaban J connectivity index is 1.47. The van der Waals surface area contributed by atoms with Gasteiger partial charge in [0.05, 0.1) is 11.4 Å². The minimum Gasteiger partial charge on any atom is -0.484 e. The summed E-state index contributed by atoms with van der Waals surface area (Å²) in [5.74, 6) is 1.76. The zero-order valence-corrected chi connectivity index (χ0v) is 20.7. The summed E-state index contributed by atoms with van der Waals surface area (Å²) in [5.41, 5.74) is 2.76. The van der Waals surface area contributed by atoms with Gasteiger partial charge in [-0.1, -0.05) is 55.8 Å². The summed E-state index contributed by atoms with van der Waals surface area (Å²) < 4.78 is 37.9. The van der Waals surface area contributed by atoms with Crippen molar-refractivity contribution in [2.24, 2.45) is 5.92 Å². The van der Waals surface area contributed by atoms with E-state index >= 15 is 0 Å². The Kier molecular flexibility index (Phi) is 7.88. The van der Waals surface area contributed by atoms with Crippen molar-refractivity contribution < 1.29 is 22.5 Å². The van der Waals surface area contributed by atoms with E-state index in [1.54, 1.807) is 4.90 Å². The maximum Gasteiger partial charge on any atom is 0.294 e. The molecule has 0 aliphatic heterocycles. The molecule has 7 heteroatoms. The van der Waals surface area contributed by atoms with Crippen molar-refractivity contribution >= 4 is 21.7 Å². The van der Waals surface area contributed by atoms with Gasteiger partial charge in [-0.3, -0.25) is 9.35 Å². The monoisotopic (exact) mass is 493 g/mol. The molecule has 35 heavy (non-hydrogen) atoms. The molecular formula is C28H31NO5S. The summed E-state index contributed by atoms with van der Waals surface area (Å²) >= 11 is 0. The second-order valence-electron chi connectivity index (χ2n) is 9.02. The topological polar surface area (TPSA) is 83.9 Å². The van der Waals surface area contributed by atoms with Crippen LogP contribution in [0.15, 0.2) is 83.8 Å². The third kappa shape index (κ3) is 6.71. The second kappa shape index (κ2) is 11.1. The number of hydrogen-bond acceptors (Lipinski definition) is 4. The molecule has 184 valence electrons. The third-order valence-corrected chi connectivity index (χ3v) is 7.26.